The van der Waals surface area contributed by atoms with Crippen molar-refractivity contribution in [3.63, 3.8) is 0 Å². The number of hydrogen-bond donors (Lipinski definition) is 0. The van der Waals surface area contributed by atoms with E-state index < -0.39 is 11.6 Å². The van der Waals surface area contributed by atoms with Crippen LogP contribution in [0.3, 0.4) is 0 Å². The van der Waals surface area contributed by atoms with E-state index in [2.05, 4.69) is 0 Å². The second-order valence-electron chi connectivity index (χ2n) is 8.34. The Bertz CT molecular complexity index is 937. The number of benzene rings is 1. The molecule has 0 aliphatic carbocycles. The van der Waals surface area contributed by atoms with Crippen LogP contribution in [-0.4, -0.2) is 48.4 Å². The second kappa shape index (κ2) is 8.76. The molecule has 1 aromatic carbocycles. The predicted molar refractivity (Wildman–Crippen MR) is 113 cm³/mol. The van der Waals surface area contributed by atoms with E-state index in [0.717, 1.165) is 5.39 Å². The van der Waals surface area contributed by atoms with Crippen molar-refractivity contribution in [2.24, 2.45) is 0 Å². The molecule has 1 aliphatic rings. The lowest BCUT2D eigenvalue weighted by Crippen LogP contribution is -2.44. The van der Waals surface area contributed by atoms with Crippen molar-refractivity contribution in [2.75, 3.05) is 19.7 Å². The minimum Gasteiger partial charge on any atom is -0.489 e. The molecule has 8 heteroatoms. The summed E-state index contributed by atoms with van der Waals surface area (Å²) >= 11 is 6.43. The molecule has 0 saturated carbocycles. The molecule has 0 bridgehead atoms. The zero-order chi connectivity index (χ0) is 22.1. The number of halogens is 1. The number of likely N-dealkylation sites (tertiary alicyclic amines) is 1. The summed E-state index contributed by atoms with van der Waals surface area (Å²) in [5.74, 6) is 0.161. The summed E-state index contributed by atoms with van der Waals surface area (Å²) < 4.78 is 22.3. The number of furan rings is 1. The summed E-state index contributed by atoms with van der Waals surface area (Å²) in [4.78, 5) is 26.0. The molecule has 1 saturated heterocycles. The van der Waals surface area contributed by atoms with Gasteiger partial charge in [0.25, 0.3) is 0 Å². The molecular formula is C22H28ClNO6. The standard InChI is InChI=1S/C22H28ClNO6/c1-6-27-20(25)19-13(2)15-11-16(23)18(12-17(15)29-19)28-14-7-9-24(10-8-14)21(26)30-22(3,4)5/h11-12,14H,6-10H2,1-5H3. The predicted octanol–water partition coefficient (Wildman–Crippen LogP) is 5.35. The number of rotatable bonds is 4. The third-order valence-corrected chi connectivity index (χ3v) is 5.13. The number of carbonyl (C=O) groups excluding carboxylic acids is 2. The minimum atomic E-state index is -0.517. The van der Waals surface area contributed by atoms with Gasteiger partial charge in [0.05, 0.1) is 11.6 Å². The molecule has 1 aromatic heterocycles. The second-order valence-corrected chi connectivity index (χ2v) is 8.75. The normalized spacial score (nSPS) is 15.3. The number of amides is 1. The van der Waals surface area contributed by atoms with Crippen molar-refractivity contribution >= 4 is 34.6 Å². The number of esters is 1. The number of piperidine rings is 1. The summed E-state index contributed by atoms with van der Waals surface area (Å²) in [6, 6.07) is 3.44. The fourth-order valence-electron chi connectivity index (χ4n) is 3.37. The van der Waals surface area contributed by atoms with Gasteiger partial charge in [0.15, 0.2) is 0 Å². The first kappa shape index (κ1) is 22.3. The van der Waals surface area contributed by atoms with Gasteiger partial charge in [-0.05, 0) is 40.7 Å². The maximum atomic E-state index is 12.2. The Morgan fingerprint density at radius 3 is 2.50 bits per heavy atom. The largest absolute Gasteiger partial charge is 0.489 e. The molecule has 164 valence electrons. The first-order chi connectivity index (χ1) is 14.1. The quantitative estimate of drug-likeness (QED) is 0.600. The highest BCUT2D eigenvalue weighted by Gasteiger charge is 2.28. The van der Waals surface area contributed by atoms with Crippen LogP contribution in [-0.2, 0) is 9.47 Å². The maximum absolute atomic E-state index is 12.2. The number of hydrogen-bond acceptors (Lipinski definition) is 6. The molecule has 3 rings (SSSR count). The van der Waals surface area contributed by atoms with Crippen molar-refractivity contribution in [1.29, 1.82) is 0 Å². The fraction of sp³-hybridized carbons (Fsp3) is 0.545. The first-order valence-electron chi connectivity index (χ1n) is 10.1. The lowest BCUT2D eigenvalue weighted by molar-refractivity contribution is 0.0126. The molecule has 1 fully saturated rings. The molecule has 7 nitrogen and oxygen atoms in total. The van der Waals surface area contributed by atoms with Crippen LogP contribution >= 0.6 is 11.6 Å². The Kier molecular flexibility index (Phi) is 6.50. The van der Waals surface area contributed by atoms with Gasteiger partial charge in [-0.3, -0.25) is 0 Å². The Morgan fingerprint density at radius 1 is 1.23 bits per heavy atom. The average Bonchev–Trinajstić information content (AvgIpc) is 2.97. The number of fused-ring (bicyclic) bond motifs is 1. The van der Waals surface area contributed by atoms with E-state index in [9.17, 15) is 9.59 Å². The van der Waals surface area contributed by atoms with Crippen LogP contribution in [0.25, 0.3) is 11.0 Å². The zero-order valence-corrected chi connectivity index (χ0v) is 18.8. The molecule has 1 amide bonds. The first-order valence-corrected chi connectivity index (χ1v) is 10.5. The van der Waals surface area contributed by atoms with Gasteiger partial charge in [0.1, 0.15) is 23.0 Å². The molecule has 0 radical (unpaired) electrons. The Balaban J connectivity index is 1.69. The van der Waals surface area contributed by atoms with Crippen LogP contribution in [0, 0.1) is 6.92 Å². The molecule has 2 heterocycles. The highest BCUT2D eigenvalue weighted by Crippen LogP contribution is 2.36. The van der Waals surface area contributed by atoms with Crippen molar-refractivity contribution in [3.8, 4) is 5.75 Å². The van der Waals surface area contributed by atoms with Crippen molar-refractivity contribution in [1.82, 2.24) is 4.90 Å². The SMILES string of the molecule is CCOC(=O)c1oc2cc(OC3CCN(C(=O)OC(C)(C)C)CC3)c(Cl)cc2c1C. The number of carbonyl (C=O) groups is 2. The lowest BCUT2D eigenvalue weighted by Gasteiger charge is -2.33. The van der Waals surface area contributed by atoms with Gasteiger partial charge in [0, 0.05) is 42.9 Å². The van der Waals surface area contributed by atoms with Crippen LogP contribution < -0.4 is 4.74 Å². The highest BCUT2D eigenvalue weighted by atomic mass is 35.5. The molecule has 1 aliphatic heterocycles. The number of nitrogens with zero attached hydrogens (tertiary/aromatic N) is 1. The summed E-state index contributed by atoms with van der Waals surface area (Å²) in [5.41, 5.74) is 0.681. The molecule has 30 heavy (non-hydrogen) atoms. The van der Waals surface area contributed by atoms with E-state index in [0.29, 0.717) is 47.8 Å². The summed E-state index contributed by atoms with van der Waals surface area (Å²) in [6.07, 6.45) is 0.940. The molecule has 0 spiro atoms. The van der Waals surface area contributed by atoms with Crippen molar-refractivity contribution in [3.05, 3.63) is 28.5 Å². The Morgan fingerprint density at radius 2 is 1.90 bits per heavy atom. The van der Waals surface area contributed by atoms with Gasteiger partial charge in [0.2, 0.25) is 5.76 Å². The molecular weight excluding hydrogens is 410 g/mol. The number of aryl methyl sites for hydroxylation is 1. The maximum Gasteiger partial charge on any atom is 0.410 e. The molecule has 0 N–H and O–H groups in total. The van der Waals surface area contributed by atoms with Crippen LogP contribution in [0.4, 0.5) is 4.79 Å². The van der Waals surface area contributed by atoms with Crippen LogP contribution in [0.5, 0.6) is 5.75 Å². The van der Waals surface area contributed by atoms with Crippen LogP contribution in [0.15, 0.2) is 16.5 Å². The fourth-order valence-corrected chi connectivity index (χ4v) is 3.57. The van der Waals surface area contributed by atoms with Crippen LogP contribution in [0.1, 0.15) is 56.7 Å². The van der Waals surface area contributed by atoms with E-state index in [1.165, 1.54) is 0 Å². The molecule has 0 atom stereocenters. The Hall–Kier alpha value is -2.41. The van der Waals surface area contributed by atoms with Gasteiger partial charge < -0.3 is 23.5 Å². The topological polar surface area (TPSA) is 78.2 Å². The summed E-state index contributed by atoms with van der Waals surface area (Å²) in [7, 11) is 0. The highest BCUT2D eigenvalue weighted by molar-refractivity contribution is 6.33. The van der Waals surface area contributed by atoms with E-state index >= 15 is 0 Å². The summed E-state index contributed by atoms with van der Waals surface area (Å²) in [6.45, 7) is 10.5. The van der Waals surface area contributed by atoms with E-state index in [4.69, 9.17) is 30.2 Å². The van der Waals surface area contributed by atoms with E-state index in [-0.39, 0.29) is 24.6 Å². The average molecular weight is 438 g/mol. The van der Waals surface area contributed by atoms with Gasteiger partial charge in [-0.25, -0.2) is 9.59 Å². The van der Waals surface area contributed by atoms with Gasteiger partial charge in [-0.15, -0.1) is 0 Å². The van der Waals surface area contributed by atoms with Crippen molar-refractivity contribution < 1.29 is 28.2 Å². The monoisotopic (exact) mass is 437 g/mol. The molecule has 2 aromatic rings. The number of ether oxygens (including phenoxy) is 3. The lowest BCUT2D eigenvalue weighted by atomic mass is 10.1. The zero-order valence-electron chi connectivity index (χ0n) is 18.0. The summed E-state index contributed by atoms with van der Waals surface area (Å²) in [5, 5.41) is 1.19. The van der Waals surface area contributed by atoms with Crippen molar-refractivity contribution in [2.45, 2.75) is 59.2 Å². The third kappa shape index (κ3) is 5.01. The van der Waals surface area contributed by atoms with Gasteiger partial charge >= 0.3 is 12.1 Å². The smallest absolute Gasteiger partial charge is 0.410 e. The van der Waals surface area contributed by atoms with Gasteiger partial charge in [-0.1, -0.05) is 11.6 Å². The van der Waals surface area contributed by atoms with Gasteiger partial charge in [-0.2, -0.15) is 0 Å². The Labute approximate surface area is 181 Å². The van der Waals surface area contributed by atoms with E-state index in [1.54, 1.807) is 30.9 Å². The van der Waals surface area contributed by atoms with Crippen LogP contribution in [0.2, 0.25) is 5.02 Å². The molecule has 0 unspecified atom stereocenters. The minimum absolute atomic E-state index is 0.0841. The third-order valence-electron chi connectivity index (χ3n) is 4.84. The van der Waals surface area contributed by atoms with E-state index in [1.807, 2.05) is 20.8 Å².